The fourth-order valence-electron chi connectivity index (χ4n) is 4.79. The van der Waals surface area contributed by atoms with Crippen LogP contribution in [0.15, 0.2) is 38.8 Å². The Balaban J connectivity index is 1.91. The third-order valence-corrected chi connectivity index (χ3v) is 9.23. The summed E-state index contributed by atoms with van der Waals surface area (Å²) < 4.78 is 68.2. The van der Waals surface area contributed by atoms with E-state index < -0.39 is 67.3 Å². The van der Waals surface area contributed by atoms with E-state index in [1.165, 1.54) is 30.0 Å². The number of likely N-dealkylation sites (tertiary alicyclic amines) is 1. The number of nitrogens with one attached hydrogen (secondary N) is 1. The van der Waals surface area contributed by atoms with E-state index in [1.807, 2.05) is 0 Å². The highest BCUT2D eigenvalue weighted by atomic mass is 35.5. The summed E-state index contributed by atoms with van der Waals surface area (Å²) in [6.07, 6.45) is -4.01. The zero-order valence-corrected chi connectivity index (χ0v) is 22.8. The smallest absolute Gasteiger partial charge is 0.368 e. The lowest BCUT2D eigenvalue weighted by Crippen LogP contribution is -2.40. The normalized spacial score (nSPS) is 16.7. The third-order valence-electron chi connectivity index (χ3n) is 6.75. The van der Waals surface area contributed by atoms with Crippen LogP contribution in [0, 0.1) is 0 Å². The van der Waals surface area contributed by atoms with Crippen LogP contribution in [-0.4, -0.2) is 47.1 Å². The number of aromatic nitrogens is 2. The van der Waals surface area contributed by atoms with Gasteiger partial charge in [-0.25, -0.2) is 13.2 Å². The van der Waals surface area contributed by atoms with Crippen molar-refractivity contribution in [1.82, 2.24) is 14.5 Å². The number of benzene rings is 2. The molecule has 1 fully saturated rings. The SMILES string of the molecule is CCS(=O)(=O)c1ccc(Cl)cc1Cn1c(=O)[nH]c2c(Cl)c(CN3CCC[C@@H]3C(N)=O)c(C(F)(F)F)cc2c1=O. The molecule has 0 bridgehead atoms. The first-order valence-electron chi connectivity index (χ1n) is 11.8. The van der Waals surface area contributed by atoms with Gasteiger partial charge in [-0.2, -0.15) is 13.2 Å². The van der Waals surface area contributed by atoms with Crippen molar-refractivity contribution in [2.45, 2.75) is 50.0 Å². The average Bonchev–Trinajstić information content (AvgIpc) is 3.31. The first-order chi connectivity index (χ1) is 18.2. The second kappa shape index (κ2) is 10.6. The molecule has 3 aromatic rings. The number of nitrogens with zero attached hydrogens (tertiary/aromatic N) is 2. The van der Waals surface area contributed by atoms with E-state index in [0.29, 0.717) is 30.0 Å². The average molecular weight is 607 g/mol. The monoisotopic (exact) mass is 606 g/mol. The Labute approximate surface area is 230 Å². The molecule has 210 valence electrons. The Bertz CT molecular complexity index is 1700. The minimum Gasteiger partial charge on any atom is -0.368 e. The van der Waals surface area contributed by atoms with E-state index in [9.17, 15) is 36.0 Å². The second-order valence-electron chi connectivity index (χ2n) is 9.14. The van der Waals surface area contributed by atoms with E-state index >= 15 is 0 Å². The van der Waals surface area contributed by atoms with Crippen LogP contribution in [0.1, 0.15) is 36.5 Å². The highest BCUT2D eigenvalue weighted by Gasteiger charge is 2.38. The quantitative estimate of drug-likeness (QED) is 0.423. The number of primary amides is 1. The zero-order chi connectivity index (χ0) is 28.9. The lowest BCUT2D eigenvalue weighted by atomic mass is 10.0. The van der Waals surface area contributed by atoms with Crippen molar-refractivity contribution in [2.24, 2.45) is 5.73 Å². The molecule has 15 heteroatoms. The van der Waals surface area contributed by atoms with Gasteiger partial charge in [0, 0.05) is 11.6 Å². The van der Waals surface area contributed by atoms with Crippen LogP contribution < -0.4 is 17.0 Å². The molecule has 1 amide bonds. The van der Waals surface area contributed by atoms with Crippen LogP contribution >= 0.6 is 23.2 Å². The number of rotatable bonds is 7. The van der Waals surface area contributed by atoms with Crippen LogP contribution in [-0.2, 0) is 33.9 Å². The number of H-pyrrole nitrogens is 1. The van der Waals surface area contributed by atoms with Crippen molar-refractivity contribution in [2.75, 3.05) is 12.3 Å². The van der Waals surface area contributed by atoms with E-state index in [-0.39, 0.29) is 33.3 Å². The summed E-state index contributed by atoms with van der Waals surface area (Å²) in [5.41, 5.74) is 1.36. The van der Waals surface area contributed by atoms with Gasteiger partial charge in [-0.05, 0) is 54.8 Å². The molecule has 9 nitrogen and oxygen atoms in total. The molecule has 2 heterocycles. The molecule has 4 rings (SSSR count). The van der Waals surface area contributed by atoms with Crippen molar-refractivity contribution in [3.8, 4) is 0 Å². The standard InChI is InChI=1S/C24H23Cl2F3N4O5S/c1-2-39(37,38)18-6-5-13(25)8-12(18)10-33-22(35)14-9-16(24(27,28)29)15(19(26)20(14)31-23(33)36)11-32-7-3-4-17(32)21(30)34/h5-6,8-9,17H,2-4,7,10-11H2,1H3,(H2,30,34)(H,31,36)/t17-/m1/s1. The van der Waals surface area contributed by atoms with E-state index in [0.717, 1.165) is 0 Å². The number of amides is 1. The maximum absolute atomic E-state index is 14.2. The molecule has 1 aliphatic heterocycles. The van der Waals surface area contributed by atoms with Gasteiger partial charge in [-0.15, -0.1) is 0 Å². The number of halogens is 5. The molecular formula is C24H23Cl2F3N4O5S. The lowest BCUT2D eigenvalue weighted by molar-refractivity contribution is -0.138. The van der Waals surface area contributed by atoms with Crippen molar-refractivity contribution >= 4 is 49.8 Å². The van der Waals surface area contributed by atoms with Crippen molar-refractivity contribution in [3.63, 3.8) is 0 Å². The summed E-state index contributed by atoms with van der Waals surface area (Å²) in [6.45, 7) is 0.756. The largest absolute Gasteiger partial charge is 0.416 e. The number of hydrogen-bond acceptors (Lipinski definition) is 6. The Hall–Kier alpha value is -2.87. The second-order valence-corrected chi connectivity index (χ2v) is 12.2. The van der Waals surface area contributed by atoms with E-state index in [1.54, 1.807) is 0 Å². The summed E-state index contributed by atoms with van der Waals surface area (Å²) in [4.78, 5) is 41.8. The minimum absolute atomic E-state index is 0.0154. The summed E-state index contributed by atoms with van der Waals surface area (Å²) in [6, 6.07) is 3.65. The Morgan fingerprint density at radius 3 is 2.49 bits per heavy atom. The highest BCUT2D eigenvalue weighted by Crippen LogP contribution is 2.39. The number of sulfone groups is 1. The van der Waals surface area contributed by atoms with Gasteiger partial charge in [0.1, 0.15) is 0 Å². The van der Waals surface area contributed by atoms with Crippen molar-refractivity contribution in [1.29, 1.82) is 0 Å². The van der Waals surface area contributed by atoms with Crippen LogP contribution in [0.5, 0.6) is 0 Å². The van der Waals surface area contributed by atoms with Crippen LogP contribution in [0.4, 0.5) is 13.2 Å². The number of hydrogen-bond donors (Lipinski definition) is 2. The number of nitrogens with two attached hydrogens (primary N) is 1. The molecule has 39 heavy (non-hydrogen) atoms. The molecule has 1 aliphatic rings. The van der Waals surface area contributed by atoms with E-state index in [4.69, 9.17) is 28.9 Å². The fraction of sp³-hybridized carbons (Fsp3) is 0.375. The van der Waals surface area contributed by atoms with E-state index in [2.05, 4.69) is 4.98 Å². The maximum atomic E-state index is 14.2. The van der Waals surface area contributed by atoms with Crippen LogP contribution in [0.25, 0.3) is 10.9 Å². The van der Waals surface area contributed by atoms with Gasteiger partial charge in [0.2, 0.25) is 5.91 Å². The number of carbonyl (C=O) groups is 1. The molecule has 0 spiro atoms. The van der Waals surface area contributed by atoms with Gasteiger partial charge in [-0.3, -0.25) is 19.1 Å². The minimum atomic E-state index is -4.93. The predicted octanol–water partition coefficient (Wildman–Crippen LogP) is 3.31. The van der Waals surface area contributed by atoms with Gasteiger partial charge in [-0.1, -0.05) is 30.1 Å². The first-order valence-corrected chi connectivity index (χ1v) is 14.2. The fourth-order valence-corrected chi connectivity index (χ4v) is 6.40. The molecule has 0 aliphatic carbocycles. The molecule has 0 saturated carbocycles. The molecular weight excluding hydrogens is 584 g/mol. The predicted molar refractivity (Wildman–Crippen MR) is 140 cm³/mol. The topological polar surface area (TPSA) is 135 Å². The Morgan fingerprint density at radius 2 is 1.87 bits per heavy atom. The number of alkyl halides is 3. The first kappa shape index (κ1) is 29.1. The molecule has 0 unspecified atom stereocenters. The van der Waals surface area contributed by atoms with Gasteiger partial charge < -0.3 is 10.7 Å². The zero-order valence-electron chi connectivity index (χ0n) is 20.4. The van der Waals surface area contributed by atoms with Crippen molar-refractivity contribution < 1.29 is 26.4 Å². The highest BCUT2D eigenvalue weighted by molar-refractivity contribution is 7.91. The van der Waals surface area contributed by atoms with Crippen LogP contribution in [0.3, 0.4) is 0 Å². The number of aromatic amines is 1. The summed E-state index contributed by atoms with van der Waals surface area (Å²) in [7, 11) is -3.79. The third kappa shape index (κ3) is 5.58. The summed E-state index contributed by atoms with van der Waals surface area (Å²) >= 11 is 12.4. The van der Waals surface area contributed by atoms with Gasteiger partial charge in [0.25, 0.3) is 5.56 Å². The number of fused-ring (bicyclic) bond motifs is 1. The lowest BCUT2D eigenvalue weighted by Gasteiger charge is -2.25. The molecule has 2 aromatic carbocycles. The summed E-state index contributed by atoms with van der Waals surface area (Å²) in [5.74, 6) is -0.953. The Morgan fingerprint density at radius 1 is 1.18 bits per heavy atom. The van der Waals surface area contributed by atoms with Gasteiger partial charge in [0.15, 0.2) is 9.84 Å². The van der Waals surface area contributed by atoms with Gasteiger partial charge >= 0.3 is 11.9 Å². The molecule has 1 saturated heterocycles. The van der Waals surface area contributed by atoms with Crippen LogP contribution in [0.2, 0.25) is 10.0 Å². The molecule has 0 radical (unpaired) electrons. The Kier molecular flexibility index (Phi) is 7.92. The van der Waals surface area contributed by atoms with Crippen molar-refractivity contribution in [3.05, 3.63) is 71.8 Å². The summed E-state index contributed by atoms with van der Waals surface area (Å²) in [5, 5.41) is -0.882. The molecule has 1 atom stereocenters. The number of carbonyl (C=O) groups excluding carboxylic acids is 1. The maximum Gasteiger partial charge on any atom is 0.416 e. The molecule has 1 aromatic heterocycles. The van der Waals surface area contributed by atoms with Gasteiger partial charge in [0.05, 0.1) is 44.7 Å². The molecule has 3 N–H and O–H groups in total.